The van der Waals surface area contributed by atoms with E-state index in [1.165, 1.54) is 22.3 Å². The number of rotatable bonds is 15. The highest BCUT2D eigenvalue weighted by molar-refractivity contribution is 5.77. The molecule has 1 saturated carbocycles. The summed E-state index contributed by atoms with van der Waals surface area (Å²) in [6, 6.07) is 4.52. The fraction of sp³-hybridized carbons (Fsp3) is 0.704. The standard InChI is InChI=1S/C27H42O4/c1-20-14-15-22(12-8-5-6-10-16-26(3,4)24(28)29)23(21(20)2)13-9-7-11-17-27(18-19-27)25(30)31/h14-15H,5-13,16-19H2,1-4H3,(H,28,29)(H,30,31). The minimum Gasteiger partial charge on any atom is -0.481 e. The first kappa shape index (κ1) is 25.4. The third kappa shape index (κ3) is 7.36. The van der Waals surface area contributed by atoms with Gasteiger partial charge < -0.3 is 10.2 Å². The van der Waals surface area contributed by atoms with E-state index in [2.05, 4.69) is 26.0 Å². The minimum absolute atomic E-state index is 0.385. The first-order valence-electron chi connectivity index (χ1n) is 12.1. The number of aliphatic carboxylic acids is 2. The van der Waals surface area contributed by atoms with Crippen molar-refractivity contribution >= 4 is 11.9 Å². The molecule has 0 radical (unpaired) electrons. The SMILES string of the molecule is Cc1ccc(CCCCCCC(C)(C)C(=O)O)c(CCCCCC2(C(=O)O)CC2)c1C. The van der Waals surface area contributed by atoms with Gasteiger partial charge in [0, 0.05) is 0 Å². The second kappa shape index (κ2) is 11.2. The molecular weight excluding hydrogens is 388 g/mol. The lowest BCUT2D eigenvalue weighted by Crippen LogP contribution is -2.23. The lowest BCUT2D eigenvalue weighted by Gasteiger charge is -2.18. The van der Waals surface area contributed by atoms with Crippen LogP contribution in [0.25, 0.3) is 0 Å². The molecule has 1 aliphatic rings. The molecule has 1 aromatic carbocycles. The van der Waals surface area contributed by atoms with Crippen LogP contribution in [-0.4, -0.2) is 22.2 Å². The Hall–Kier alpha value is -1.84. The van der Waals surface area contributed by atoms with Crippen molar-refractivity contribution in [3.05, 3.63) is 34.4 Å². The summed E-state index contributed by atoms with van der Waals surface area (Å²) in [4.78, 5) is 22.5. The van der Waals surface area contributed by atoms with Gasteiger partial charge in [0.25, 0.3) is 0 Å². The second-order valence-corrected chi connectivity index (χ2v) is 10.4. The van der Waals surface area contributed by atoms with Gasteiger partial charge in [-0.2, -0.15) is 0 Å². The van der Waals surface area contributed by atoms with E-state index >= 15 is 0 Å². The number of hydrogen-bond acceptors (Lipinski definition) is 2. The van der Waals surface area contributed by atoms with Crippen LogP contribution < -0.4 is 0 Å². The van der Waals surface area contributed by atoms with E-state index in [1.54, 1.807) is 0 Å². The molecule has 174 valence electrons. The van der Waals surface area contributed by atoms with Crippen molar-refractivity contribution in [2.45, 2.75) is 111 Å². The van der Waals surface area contributed by atoms with Crippen LogP contribution in [0.2, 0.25) is 0 Å². The predicted octanol–water partition coefficient (Wildman–Crippen LogP) is 6.87. The summed E-state index contributed by atoms with van der Waals surface area (Å²) in [6.45, 7) is 8.02. The summed E-state index contributed by atoms with van der Waals surface area (Å²) in [5, 5.41) is 18.5. The number of hydrogen-bond donors (Lipinski definition) is 2. The van der Waals surface area contributed by atoms with Crippen molar-refractivity contribution in [2.75, 3.05) is 0 Å². The van der Waals surface area contributed by atoms with Crippen molar-refractivity contribution in [1.82, 2.24) is 0 Å². The summed E-state index contributed by atoms with van der Waals surface area (Å²) in [7, 11) is 0. The van der Waals surface area contributed by atoms with Crippen LogP contribution in [-0.2, 0) is 22.4 Å². The average molecular weight is 431 g/mol. The zero-order chi connectivity index (χ0) is 23.1. The molecular formula is C27H42O4. The van der Waals surface area contributed by atoms with Crippen LogP contribution in [0.15, 0.2) is 12.1 Å². The van der Waals surface area contributed by atoms with E-state index in [4.69, 9.17) is 0 Å². The second-order valence-electron chi connectivity index (χ2n) is 10.4. The van der Waals surface area contributed by atoms with Crippen molar-refractivity contribution < 1.29 is 19.8 Å². The molecule has 2 rings (SSSR count). The smallest absolute Gasteiger partial charge is 0.309 e. The quantitative estimate of drug-likeness (QED) is 0.298. The molecule has 2 N–H and O–H groups in total. The lowest BCUT2D eigenvalue weighted by atomic mass is 9.86. The number of carboxylic acid groups (broad SMARTS) is 2. The number of aryl methyl sites for hydroxylation is 2. The maximum absolute atomic E-state index is 11.3. The molecule has 0 heterocycles. The number of carbonyl (C=O) groups is 2. The van der Waals surface area contributed by atoms with Crippen LogP contribution in [0.5, 0.6) is 0 Å². The molecule has 1 aromatic rings. The first-order chi connectivity index (χ1) is 14.6. The van der Waals surface area contributed by atoms with Crippen LogP contribution in [0, 0.1) is 24.7 Å². The van der Waals surface area contributed by atoms with Crippen LogP contribution in [0.3, 0.4) is 0 Å². The highest BCUT2D eigenvalue weighted by atomic mass is 16.4. The lowest BCUT2D eigenvalue weighted by molar-refractivity contribution is -0.147. The molecule has 1 fully saturated rings. The van der Waals surface area contributed by atoms with Crippen LogP contribution in [0.4, 0.5) is 0 Å². The van der Waals surface area contributed by atoms with E-state index in [0.717, 1.165) is 83.5 Å². The number of unbranched alkanes of at least 4 members (excludes halogenated alkanes) is 5. The van der Waals surface area contributed by atoms with Gasteiger partial charge in [-0.1, -0.05) is 44.2 Å². The Morgan fingerprint density at radius 3 is 2.13 bits per heavy atom. The normalized spacial score (nSPS) is 15.1. The van der Waals surface area contributed by atoms with Crippen molar-refractivity contribution in [2.24, 2.45) is 10.8 Å². The average Bonchev–Trinajstić information content (AvgIpc) is 3.49. The minimum atomic E-state index is -0.706. The summed E-state index contributed by atoms with van der Waals surface area (Å²) < 4.78 is 0. The van der Waals surface area contributed by atoms with Gasteiger partial charge in [-0.3, -0.25) is 9.59 Å². The number of carboxylic acids is 2. The van der Waals surface area contributed by atoms with Crippen molar-refractivity contribution in [1.29, 1.82) is 0 Å². The van der Waals surface area contributed by atoms with Crippen LogP contribution >= 0.6 is 0 Å². The molecule has 0 amide bonds. The number of benzene rings is 1. The van der Waals surface area contributed by atoms with E-state index in [0.29, 0.717) is 0 Å². The molecule has 1 aliphatic carbocycles. The zero-order valence-corrected chi connectivity index (χ0v) is 20.1. The molecule has 0 aromatic heterocycles. The third-order valence-corrected chi connectivity index (χ3v) is 7.43. The van der Waals surface area contributed by atoms with Gasteiger partial charge in [0.15, 0.2) is 0 Å². The van der Waals surface area contributed by atoms with Crippen LogP contribution in [0.1, 0.15) is 107 Å². The highest BCUT2D eigenvalue weighted by Crippen LogP contribution is 2.50. The van der Waals surface area contributed by atoms with E-state index in [1.807, 2.05) is 13.8 Å². The molecule has 0 bridgehead atoms. The monoisotopic (exact) mass is 430 g/mol. The van der Waals surface area contributed by atoms with E-state index in [9.17, 15) is 19.8 Å². The molecule has 0 aliphatic heterocycles. The Bertz CT molecular complexity index is 759. The highest BCUT2D eigenvalue weighted by Gasteiger charge is 2.49. The Morgan fingerprint density at radius 2 is 1.52 bits per heavy atom. The van der Waals surface area contributed by atoms with Crippen molar-refractivity contribution in [3.8, 4) is 0 Å². The summed E-state index contributed by atoms with van der Waals surface area (Å²) in [5.74, 6) is -1.31. The van der Waals surface area contributed by atoms with E-state index in [-0.39, 0.29) is 5.41 Å². The molecule has 4 heteroatoms. The maximum atomic E-state index is 11.3. The van der Waals surface area contributed by atoms with E-state index < -0.39 is 17.4 Å². The topological polar surface area (TPSA) is 74.6 Å². The van der Waals surface area contributed by atoms with Gasteiger partial charge in [-0.05, 0) is 101 Å². The summed E-state index contributed by atoms with van der Waals surface area (Å²) >= 11 is 0. The van der Waals surface area contributed by atoms with Gasteiger partial charge in [-0.15, -0.1) is 0 Å². The fourth-order valence-electron chi connectivity index (χ4n) is 4.52. The Balaban J connectivity index is 1.76. The van der Waals surface area contributed by atoms with Gasteiger partial charge in [-0.25, -0.2) is 0 Å². The Kier molecular flexibility index (Phi) is 9.14. The Labute approximate surface area is 188 Å². The first-order valence-corrected chi connectivity index (χ1v) is 12.1. The largest absolute Gasteiger partial charge is 0.481 e. The zero-order valence-electron chi connectivity index (χ0n) is 20.1. The molecule has 0 saturated heterocycles. The summed E-state index contributed by atoms with van der Waals surface area (Å²) in [6.07, 6.45) is 13.0. The fourth-order valence-corrected chi connectivity index (χ4v) is 4.52. The van der Waals surface area contributed by atoms with Gasteiger partial charge in [0.2, 0.25) is 0 Å². The molecule has 4 nitrogen and oxygen atoms in total. The molecule has 0 spiro atoms. The summed E-state index contributed by atoms with van der Waals surface area (Å²) in [5.41, 5.74) is 4.70. The predicted molar refractivity (Wildman–Crippen MR) is 126 cm³/mol. The van der Waals surface area contributed by atoms with Gasteiger partial charge >= 0.3 is 11.9 Å². The molecule has 31 heavy (non-hydrogen) atoms. The maximum Gasteiger partial charge on any atom is 0.309 e. The molecule has 0 unspecified atom stereocenters. The van der Waals surface area contributed by atoms with Crippen molar-refractivity contribution in [3.63, 3.8) is 0 Å². The van der Waals surface area contributed by atoms with Gasteiger partial charge in [0.1, 0.15) is 0 Å². The molecule has 0 atom stereocenters. The Morgan fingerprint density at radius 1 is 0.903 bits per heavy atom. The third-order valence-electron chi connectivity index (χ3n) is 7.43. The van der Waals surface area contributed by atoms with Gasteiger partial charge in [0.05, 0.1) is 10.8 Å².